The summed E-state index contributed by atoms with van der Waals surface area (Å²) in [6, 6.07) is 0. The normalized spacial score (nSPS) is 15.6. The van der Waals surface area contributed by atoms with Gasteiger partial charge < -0.3 is 19.3 Å². The van der Waals surface area contributed by atoms with Crippen molar-refractivity contribution in [2.24, 2.45) is 25.9 Å². The average Bonchev–Trinajstić information content (AvgIpc) is 3.57. The third-order valence-corrected chi connectivity index (χ3v) is 10.3. The minimum Gasteiger partial charge on any atom is -0.444 e. The standard InChI is InChI=1S/C16H25N3O3S.C13H23NO3S.C5H5BrN2O/c1-16(2,3)22-15(21)19-7-5-12(6-8-19)11-23-14-9-18(4)17-13(14)10-20;1-10(15)18-9-11-5-7-14(8-6-11)12(16)17-13(2,3)4;1-8-2-4(6)5(3-9)7-8/h9-10,12H,5-8,11H2,1-4H3;11H,5-9H2,1-4H3;2-3H,1H3. The van der Waals surface area contributed by atoms with Crippen LogP contribution >= 0.6 is 39.5 Å². The van der Waals surface area contributed by atoms with Crippen LogP contribution < -0.4 is 0 Å². The summed E-state index contributed by atoms with van der Waals surface area (Å²) in [6.45, 7) is 15.8. The number of amides is 2. The van der Waals surface area contributed by atoms with E-state index < -0.39 is 11.2 Å². The molecule has 0 unspecified atom stereocenters. The molecule has 16 heteroatoms. The number of thioether (sulfide) groups is 2. The van der Waals surface area contributed by atoms with Crippen molar-refractivity contribution in [1.82, 2.24) is 29.4 Å². The lowest BCUT2D eigenvalue weighted by Crippen LogP contribution is -2.42. The maximum Gasteiger partial charge on any atom is 0.410 e. The van der Waals surface area contributed by atoms with Gasteiger partial charge in [0.2, 0.25) is 0 Å². The maximum absolute atomic E-state index is 12.0. The molecule has 0 spiro atoms. The van der Waals surface area contributed by atoms with E-state index in [1.165, 1.54) is 11.8 Å². The Morgan fingerprint density at radius 3 is 1.56 bits per heavy atom. The lowest BCUT2D eigenvalue weighted by atomic mass is 9.99. The molecule has 0 radical (unpaired) electrons. The Labute approximate surface area is 313 Å². The van der Waals surface area contributed by atoms with E-state index in [4.69, 9.17) is 9.47 Å². The van der Waals surface area contributed by atoms with Crippen LogP contribution in [0.25, 0.3) is 0 Å². The van der Waals surface area contributed by atoms with E-state index in [9.17, 15) is 24.0 Å². The van der Waals surface area contributed by atoms with Crippen molar-refractivity contribution < 1.29 is 33.4 Å². The molecule has 4 rings (SSSR count). The molecule has 0 atom stereocenters. The van der Waals surface area contributed by atoms with Crippen LogP contribution in [0.3, 0.4) is 0 Å². The van der Waals surface area contributed by atoms with Crippen LogP contribution in [0.2, 0.25) is 0 Å². The summed E-state index contributed by atoms with van der Waals surface area (Å²) in [7, 11) is 3.58. The van der Waals surface area contributed by atoms with Gasteiger partial charge in [-0.1, -0.05) is 11.8 Å². The molecular formula is C34H53BrN6O7S2. The van der Waals surface area contributed by atoms with Crippen molar-refractivity contribution in [2.45, 2.75) is 90.2 Å². The van der Waals surface area contributed by atoms with Crippen LogP contribution in [0.15, 0.2) is 21.8 Å². The van der Waals surface area contributed by atoms with Crippen LogP contribution in [0.1, 0.15) is 95.1 Å². The summed E-state index contributed by atoms with van der Waals surface area (Å²) in [5.74, 6) is 2.89. The summed E-state index contributed by atoms with van der Waals surface area (Å²) in [5.41, 5.74) is 0.0643. The first-order valence-corrected chi connectivity index (χ1v) is 19.4. The molecule has 0 saturated carbocycles. The predicted octanol–water partition coefficient (Wildman–Crippen LogP) is 6.88. The lowest BCUT2D eigenvalue weighted by molar-refractivity contribution is -0.109. The smallest absolute Gasteiger partial charge is 0.410 e. The van der Waals surface area contributed by atoms with Gasteiger partial charge in [-0.25, -0.2) is 9.59 Å². The molecule has 2 aliphatic heterocycles. The second-order valence-electron chi connectivity index (χ2n) is 14.3. The average molecular weight is 802 g/mol. The highest BCUT2D eigenvalue weighted by atomic mass is 79.9. The molecule has 2 fully saturated rings. The van der Waals surface area contributed by atoms with Crippen molar-refractivity contribution in [3.63, 3.8) is 0 Å². The highest BCUT2D eigenvalue weighted by Crippen LogP contribution is 2.28. The van der Waals surface area contributed by atoms with Gasteiger partial charge in [-0.3, -0.25) is 23.7 Å². The third kappa shape index (κ3) is 16.4. The summed E-state index contributed by atoms with van der Waals surface area (Å²) in [5, 5.41) is 8.12. The fraction of sp³-hybridized carbons (Fsp3) is 0.676. The first kappa shape index (κ1) is 43.3. The molecule has 4 heterocycles. The van der Waals surface area contributed by atoms with Crippen LogP contribution in [0.4, 0.5) is 9.59 Å². The van der Waals surface area contributed by atoms with Gasteiger partial charge >= 0.3 is 12.2 Å². The van der Waals surface area contributed by atoms with Crippen molar-refractivity contribution in [3.8, 4) is 0 Å². The van der Waals surface area contributed by atoms with E-state index in [1.807, 2.05) is 54.8 Å². The predicted molar refractivity (Wildman–Crippen MR) is 200 cm³/mol. The molecule has 50 heavy (non-hydrogen) atoms. The number of aromatic nitrogens is 4. The zero-order valence-electron chi connectivity index (χ0n) is 30.8. The number of piperidine rings is 2. The van der Waals surface area contributed by atoms with Gasteiger partial charge in [0.25, 0.3) is 0 Å². The highest BCUT2D eigenvalue weighted by molar-refractivity contribution is 9.10. The van der Waals surface area contributed by atoms with E-state index in [1.54, 1.807) is 51.1 Å². The number of carbonyl (C=O) groups excluding carboxylic acids is 5. The Kier molecular flexibility index (Phi) is 17.5. The first-order valence-electron chi connectivity index (χ1n) is 16.6. The topological polar surface area (TPSA) is 146 Å². The van der Waals surface area contributed by atoms with Crippen LogP contribution in [-0.4, -0.2) is 108 Å². The summed E-state index contributed by atoms with van der Waals surface area (Å²) >= 11 is 6.22. The van der Waals surface area contributed by atoms with Gasteiger partial charge in [-0.2, -0.15) is 10.2 Å². The van der Waals surface area contributed by atoms with Crippen LogP contribution in [0.5, 0.6) is 0 Å². The van der Waals surface area contributed by atoms with Crippen molar-refractivity contribution in [3.05, 3.63) is 28.3 Å². The SMILES string of the molecule is CC(=O)SCC1CCN(C(=O)OC(C)(C)C)CC1.Cn1cc(Br)c(C=O)n1.Cn1cc(SCC2CCN(C(=O)OC(C)(C)C)CC2)c(C=O)n1. The van der Waals surface area contributed by atoms with Crippen LogP contribution in [0, 0.1) is 11.8 Å². The molecule has 280 valence electrons. The number of hydrogen-bond acceptors (Lipinski definition) is 11. The minimum absolute atomic E-state index is 0.171. The number of hydrogen-bond donors (Lipinski definition) is 0. The molecule has 2 aromatic rings. The molecule has 2 aromatic heterocycles. The van der Waals surface area contributed by atoms with Gasteiger partial charge in [-0.15, -0.1) is 11.8 Å². The third-order valence-electron chi connectivity index (χ3n) is 7.38. The zero-order chi connectivity index (χ0) is 37.6. The zero-order valence-corrected chi connectivity index (χ0v) is 34.0. The quantitative estimate of drug-likeness (QED) is 0.213. The first-order chi connectivity index (χ1) is 23.3. The molecular weight excluding hydrogens is 748 g/mol. The monoisotopic (exact) mass is 800 g/mol. The summed E-state index contributed by atoms with van der Waals surface area (Å²) < 4.78 is 14.7. The number of rotatable bonds is 7. The highest BCUT2D eigenvalue weighted by Gasteiger charge is 2.28. The molecule has 0 N–H and O–H groups in total. The van der Waals surface area contributed by atoms with Gasteiger partial charge in [-0.05, 0) is 95.0 Å². The van der Waals surface area contributed by atoms with E-state index in [0.717, 1.165) is 79.0 Å². The number of nitrogens with zero attached hydrogens (tertiary/aromatic N) is 6. The van der Waals surface area contributed by atoms with E-state index in [2.05, 4.69) is 26.1 Å². The van der Waals surface area contributed by atoms with Gasteiger partial charge in [0.05, 0.1) is 9.37 Å². The lowest BCUT2D eigenvalue weighted by Gasteiger charge is -2.33. The second kappa shape index (κ2) is 20.3. The van der Waals surface area contributed by atoms with Crippen molar-refractivity contribution in [1.29, 1.82) is 0 Å². The van der Waals surface area contributed by atoms with E-state index >= 15 is 0 Å². The Balaban J connectivity index is 0.000000284. The van der Waals surface area contributed by atoms with Gasteiger partial charge in [0.15, 0.2) is 17.7 Å². The minimum atomic E-state index is -0.449. The summed E-state index contributed by atoms with van der Waals surface area (Å²) in [6.07, 6.45) is 8.51. The number of halogens is 1. The fourth-order valence-electron chi connectivity index (χ4n) is 4.89. The van der Waals surface area contributed by atoms with Gasteiger partial charge in [0, 0.05) is 71.1 Å². The molecule has 0 aliphatic carbocycles. The Morgan fingerprint density at radius 2 is 1.20 bits per heavy atom. The molecule has 2 saturated heterocycles. The maximum atomic E-state index is 12.0. The van der Waals surface area contributed by atoms with Crippen molar-refractivity contribution in [2.75, 3.05) is 37.7 Å². The number of carbonyl (C=O) groups is 5. The Morgan fingerprint density at radius 1 is 0.780 bits per heavy atom. The second-order valence-corrected chi connectivity index (χ2v) is 17.4. The largest absolute Gasteiger partial charge is 0.444 e. The number of likely N-dealkylation sites (tertiary alicyclic amines) is 2. The molecule has 0 aromatic carbocycles. The molecule has 0 bridgehead atoms. The number of aryl methyl sites for hydroxylation is 2. The van der Waals surface area contributed by atoms with Crippen LogP contribution in [-0.2, 0) is 28.4 Å². The van der Waals surface area contributed by atoms with E-state index in [-0.39, 0.29) is 17.3 Å². The Hall–Kier alpha value is -2.85. The molecule has 2 amide bonds. The number of ether oxygens (including phenoxy) is 2. The van der Waals surface area contributed by atoms with E-state index in [0.29, 0.717) is 29.5 Å². The van der Waals surface area contributed by atoms with Crippen molar-refractivity contribution >= 4 is 69.3 Å². The fourth-order valence-corrected chi connectivity index (χ4v) is 7.38. The Bertz CT molecular complexity index is 1420. The number of aldehydes is 2. The summed E-state index contributed by atoms with van der Waals surface area (Å²) in [4.78, 5) is 60.3. The molecule has 13 nitrogen and oxygen atoms in total. The van der Waals surface area contributed by atoms with Gasteiger partial charge in [0.1, 0.15) is 22.6 Å². The molecule has 2 aliphatic rings.